The van der Waals surface area contributed by atoms with Gasteiger partial charge in [-0.15, -0.1) is 0 Å². The van der Waals surface area contributed by atoms with Crippen LogP contribution in [0.2, 0.25) is 0 Å². The average Bonchev–Trinajstić information content (AvgIpc) is 3.18. The molecule has 1 atom stereocenters. The third kappa shape index (κ3) is 3.06. The number of pyridine rings is 1. The molecule has 6 heteroatoms. The number of allylic oxidation sites excluding steroid dienone is 2. The number of primary amides is 1. The molecule has 1 unspecified atom stereocenters. The Labute approximate surface area is 168 Å². The second kappa shape index (κ2) is 6.81. The van der Waals surface area contributed by atoms with Crippen molar-refractivity contribution in [2.75, 3.05) is 0 Å². The number of rotatable bonds is 3. The van der Waals surface area contributed by atoms with E-state index in [9.17, 15) is 4.79 Å². The van der Waals surface area contributed by atoms with E-state index in [0.29, 0.717) is 6.42 Å². The van der Waals surface area contributed by atoms with Gasteiger partial charge in [-0.25, -0.2) is 4.52 Å². The molecule has 144 valence electrons. The zero-order valence-corrected chi connectivity index (χ0v) is 16.2. The molecule has 3 aromatic heterocycles. The summed E-state index contributed by atoms with van der Waals surface area (Å²) in [6.45, 7) is 2.00. The van der Waals surface area contributed by atoms with Gasteiger partial charge in [-0.2, -0.15) is 5.10 Å². The summed E-state index contributed by atoms with van der Waals surface area (Å²) in [4.78, 5) is 20.8. The van der Waals surface area contributed by atoms with Crippen molar-refractivity contribution in [3.8, 4) is 11.1 Å². The zero-order chi connectivity index (χ0) is 20.0. The van der Waals surface area contributed by atoms with Crippen LogP contribution in [0.25, 0.3) is 33.1 Å². The first-order valence-corrected chi connectivity index (χ1v) is 9.79. The van der Waals surface area contributed by atoms with E-state index < -0.39 is 0 Å². The molecule has 1 amide bonds. The Balaban J connectivity index is 1.63. The molecule has 2 N–H and O–H groups in total. The standard InChI is InChI=1S/C23H21N5O/c1-14-2-3-18-12-17(8-9-20(18)27-14)19-13-26-28-11-10-25-21(22(19)28)15-4-6-16(7-5-15)23(24)29/h2-4,8-13,16H,5-7H2,1H3,(H2,24,29). The van der Waals surface area contributed by atoms with Gasteiger partial charge in [0.05, 0.1) is 22.9 Å². The molecule has 0 radical (unpaired) electrons. The van der Waals surface area contributed by atoms with Crippen LogP contribution in [0.1, 0.15) is 30.7 Å². The second-order valence-corrected chi connectivity index (χ2v) is 7.59. The molecule has 0 aliphatic heterocycles. The maximum absolute atomic E-state index is 11.5. The van der Waals surface area contributed by atoms with Crippen molar-refractivity contribution in [1.29, 1.82) is 0 Å². The van der Waals surface area contributed by atoms with E-state index in [1.54, 1.807) is 6.20 Å². The van der Waals surface area contributed by atoms with Gasteiger partial charge < -0.3 is 5.73 Å². The Hall–Kier alpha value is -3.54. The highest BCUT2D eigenvalue weighted by molar-refractivity contribution is 5.93. The van der Waals surface area contributed by atoms with Crippen LogP contribution in [-0.2, 0) is 4.79 Å². The molecular formula is C23H21N5O. The Morgan fingerprint density at radius 2 is 2.14 bits per heavy atom. The minimum absolute atomic E-state index is 0.0840. The Kier molecular flexibility index (Phi) is 4.12. The van der Waals surface area contributed by atoms with Crippen LogP contribution in [0.3, 0.4) is 0 Å². The number of nitrogens with two attached hydrogens (primary N) is 1. The fourth-order valence-electron chi connectivity index (χ4n) is 4.09. The minimum atomic E-state index is -0.225. The second-order valence-electron chi connectivity index (χ2n) is 7.59. The molecule has 1 aromatic carbocycles. The maximum atomic E-state index is 11.5. The topological polar surface area (TPSA) is 86.2 Å². The molecule has 0 saturated carbocycles. The molecule has 0 saturated heterocycles. The molecule has 1 aliphatic carbocycles. The van der Waals surface area contributed by atoms with Crippen molar-refractivity contribution in [2.45, 2.75) is 26.2 Å². The monoisotopic (exact) mass is 383 g/mol. The Morgan fingerprint density at radius 3 is 2.93 bits per heavy atom. The molecule has 0 bridgehead atoms. The van der Waals surface area contributed by atoms with Crippen LogP contribution in [-0.4, -0.2) is 25.5 Å². The first kappa shape index (κ1) is 17.6. The van der Waals surface area contributed by atoms with Crippen molar-refractivity contribution in [3.05, 3.63) is 66.4 Å². The lowest BCUT2D eigenvalue weighted by Crippen LogP contribution is -2.24. The molecule has 0 spiro atoms. The van der Waals surface area contributed by atoms with Gasteiger partial charge in [-0.1, -0.05) is 18.2 Å². The van der Waals surface area contributed by atoms with Gasteiger partial charge in [-0.3, -0.25) is 14.8 Å². The zero-order valence-electron chi connectivity index (χ0n) is 16.2. The number of carbonyl (C=O) groups is 1. The number of hydrogen-bond donors (Lipinski definition) is 1. The van der Waals surface area contributed by atoms with Gasteiger partial charge in [0.2, 0.25) is 5.91 Å². The minimum Gasteiger partial charge on any atom is -0.369 e. The van der Waals surface area contributed by atoms with Gasteiger partial charge in [-0.05, 0) is 55.5 Å². The molecule has 1 aliphatic rings. The number of amides is 1. The van der Waals surface area contributed by atoms with E-state index in [2.05, 4.69) is 45.4 Å². The van der Waals surface area contributed by atoms with Crippen LogP contribution in [0.5, 0.6) is 0 Å². The highest BCUT2D eigenvalue weighted by atomic mass is 16.1. The van der Waals surface area contributed by atoms with Crippen LogP contribution in [0.15, 0.2) is 55.0 Å². The predicted molar refractivity (Wildman–Crippen MR) is 113 cm³/mol. The normalized spacial score (nSPS) is 16.9. The van der Waals surface area contributed by atoms with Gasteiger partial charge in [0.25, 0.3) is 0 Å². The molecule has 6 nitrogen and oxygen atoms in total. The lowest BCUT2D eigenvalue weighted by molar-refractivity contribution is -0.121. The van der Waals surface area contributed by atoms with E-state index in [0.717, 1.165) is 57.3 Å². The lowest BCUT2D eigenvalue weighted by Gasteiger charge is -2.19. The summed E-state index contributed by atoms with van der Waals surface area (Å²) in [5, 5.41) is 5.64. The maximum Gasteiger partial charge on any atom is 0.220 e. The molecule has 29 heavy (non-hydrogen) atoms. The number of hydrogen-bond acceptors (Lipinski definition) is 4. The Morgan fingerprint density at radius 1 is 1.24 bits per heavy atom. The van der Waals surface area contributed by atoms with Gasteiger partial charge >= 0.3 is 0 Å². The predicted octanol–water partition coefficient (Wildman–Crippen LogP) is 3.92. The number of benzene rings is 1. The fraction of sp³-hybridized carbons (Fsp3) is 0.217. The van der Waals surface area contributed by atoms with Crippen molar-refractivity contribution in [3.63, 3.8) is 0 Å². The summed E-state index contributed by atoms with van der Waals surface area (Å²) in [6.07, 6.45) is 9.83. The third-order valence-corrected chi connectivity index (χ3v) is 5.69. The van der Waals surface area contributed by atoms with E-state index in [1.807, 2.05) is 29.9 Å². The average molecular weight is 383 g/mol. The van der Waals surface area contributed by atoms with Gasteiger partial charge in [0.15, 0.2) is 0 Å². The van der Waals surface area contributed by atoms with Gasteiger partial charge in [0.1, 0.15) is 0 Å². The van der Waals surface area contributed by atoms with Gasteiger partial charge in [0, 0.05) is 35.0 Å². The Bertz CT molecular complexity index is 1290. The third-order valence-electron chi connectivity index (χ3n) is 5.69. The molecule has 4 aromatic rings. The number of aryl methyl sites for hydroxylation is 1. The highest BCUT2D eigenvalue weighted by Crippen LogP contribution is 2.35. The SMILES string of the molecule is Cc1ccc2cc(-c3cnn4ccnc(C5=CCC(C(N)=O)CC5)c34)ccc2n1. The summed E-state index contributed by atoms with van der Waals surface area (Å²) >= 11 is 0. The quantitative estimate of drug-likeness (QED) is 0.581. The fourth-order valence-corrected chi connectivity index (χ4v) is 4.09. The first-order chi connectivity index (χ1) is 14.1. The van der Waals surface area contributed by atoms with Crippen molar-refractivity contribution in [1.82, 2.24) is 19.6 Å². The summed E-state index contributed by atoms with van der Waals surface area (Å²) in [6, 6.07) is 10.4. The van der Waals surface area contributed by atoms with E-state index in [4.69, 9.17) is 5.73 Å². The largest absolute Gasteiger partial charge is 0.369 e. The van der Waals surface area contributed by atoms with E-state index in [-0.39, 0.29) is 11.8 Å². The summed E-state index contributed by atoms with van der Waals surface area (Å²) < 4.78 is 1.87. The van der Waals surface area contributed by atoms with Crippen LogP contribution in [0, 0.1) is 12.8 Å². The van der Waals surface area contributed by atoms with Crippen LogP contribution >= 0.6 is 0 Å². The highest BCUT2D eigenvalue weighted by Gasteiger charge is 2.22. The number of aromatic nitrogens is 4. The van der Waals surface area contributed by atoms with Crippen molar-refractivity contribution < 1.29 is 4.79 Å². The summed E-state index contributed by atoms with van der Waals surface area (Å²) in [5.74, 6) is -0.309. The number of fused-ring (bicyclic) bond motifs is 2. The molecule has 5 rings (SSSR count). The van der Waals surface area contributed by atoms with E-state index >= 15 is 0 Å². The van der Waals surface area contributed by atoms with Crippen molar-refractivity contribution >= 4 is 27.9 Å². The first-order valence-electron chi connectivity index (χ1n) is 9.79. The van der Waals surface area contributed by atoms with Crippen molar-refractivity contribution in [2.24, 2.45) is 11.7 Å². The van der Waals surface area contributed by atoms with E-state index in [1.165, 1.54) is 0 Å². The molecule has 3 heterocycles. The lowest BCUT2D eigenvalue weighted by atomic mass is 9.87. The van der Waals surface area contributed by atoms with Crippen LogP contribution < -0.4 is 5.73 Å². The smallest absolute Gasteiger partial charge is 0.220 e. The molecular weight excluding hydrogens is 362 g/mol. The number of carbonyl (C=O) groups excluding carboxylic acids is 1. The molecule has 0 fully saturated rings. The number of nitrogens with zero attached hydrogens (tertiary/aromatic N) is 4. The van der Waals surface area contributed by atoms with Crippen LogP contribution in [0.4, 0.5) is 0 Å². The summed E-state index contributed by atoms with van der Waals surface area (Å²) in [7, 11) is 0. The summed E-state index contributed by atoms with van der Waals surface area (Å²) in [5.41, 5.74) is 12.6.